The Hall–Kier alpha value is -1.04. The van der Waals surface area contributed by atoms with Crippen molar-refractivity contribution in [3.8, 4) is 0 Å². The molecule has 1 aromatic carbocycles. The number of carbonyl (C=O) groups excluding carboxylic acids is 1. The first-order valence-electron chi connectivity index (χ1n) is 4.76. The van der Waals surface area contributed by atoms with Crippen LogP contribution in [-0.4, -0.2) is 27.8 Å². The van der Waals surface area contributed by atoms with Crippen molar-refractivity contribution in [2.24, 2.45) is 0 Å². The molecule has 1 rings (SSSR count). The van der Waals surface area contributed by atoms with Crippen LogP contribution in [0.1, 0.15) is 17.2 Å². The maximum Gasteiger partial charge on any atom is 0.337 e. The van der Waals surface area contributed by atoms with Crippen molar-refractivity contribution in [1.29, 1.82) is 0 Å². The molecule has 0 aliphatic rings. The van der Waals surface area contributed by atoms with Gasteiger partial charge < -0.3 is 10.2 Å². The molecule has 0 fully saturated rings. The van der Waals surface area contributed by atoms with Gasteiger partial charge in [0.1, 0.15) is 0 Å². The van der Waals surface area contributed by atoms with Crippen molar-refractivity contribution < 1.29 is 19.8 Å². The Morgan fingerprint density at radius 3 is 2.59 bits per heavy atom. The van der Waals surface area contributed by atoms with E-state index in [1.807, 2.05) is 0 Å². The Morgan fingerprint density at radius 2 is 2.06 bits per heavy atom. The van der Waals surface area contributed by atoms with Crippen LogP contribution in [0.4, 0.5) is 0 Å². The largest absolute Gasteiger partial charge is 0.479 e. The van der Waals surface area contributed by atoms with Crippen LogP contribution in [0, 0.1) is 0 Å². The summed E-state index contributed by atoms with van der Waals surface area (Å²) in [6.45, 7) is 0. The molecule has 0 spiro atoms. The number of aliphatic carboxylic acids is 1. The SMILES string of the molecule is O=C(CCl)Cc1cc(C(O)C(=O)O)ccc1S. The van der Waals surface area contributed by atoms with Gasteiger partial charge >= 0.3 is 5.97 Å². The van der Waals surface area contributed by atoms with E-state index in [1.54, 1.807) is 6.07 Å². The lowest BCUT2D eigenvalue weighted by Gasteiger charge is -2.09. The van der Waals surface area contributed by atoms with Gasteiger partial charge in [-0.15, -0.1) is 24.2 Å². The number of benzene rings is 1. The number of aliphatic hydroxyl groups is 1. The van der Waals surface area contributed by atoms with Crippen LogP contribution >= 0.6 is 24.2 Å². The number of hydrogen-bond acceptors (Lipinski definition) is 4. The van der Waals surface area contributed by atoms with E-state index < -0.39 is 12.1 Å². The average Bonchev–Trinajstić information content (AvgIpc) is 2.30. The highest BCUT2D eigenvalue weighted by molar-refractivity contribution is 7.80. The van der Waals surface area contributed by atoms with Gasteiger partial charge in [0.25, 0.3) is 0 Å². The Morgan fingerprint density at radius 1 is 1.41 bits per heavy atom. The van der Waals surface area contributed by atoms with E-state index in [-0.39, 0.29) is 23.6 Å². The van der Waals surface area contributed by atoms with Crippen LogP contribution in [0.5, 0.6) is 0 Å². The second-order valence-electron chi connectivity index (χ2n) is 3.48. The summed E-state index contributed by atoms with van der Waals surface area (Å²) in [5.41, 5.74) is 0.768. The monoisotopic (exact) mass is 274 g/mol. The second-order valence-corrected chi connectivity index (χ2v) is 4.23. The number of rotatable bonds is 5. The third-order valence-corrected chi connectivity index (χ3v) is 2.92. The van der Waals surface area contributed by atoms with E-state index in [0.717, 1.165) is 0 Å². The first kappa shape index (κ1) is 14.0. The molecule has 92 valence electrons. The third kappa shape index (κ3) is 3.73. The van der Waals surface area contributed by atoms with Crippen molar-refractivity contribution in [3.63, 3.8) is 0 Å². The molecule has 17 heavy (non-hydrogen) atoms. The molecular formula is C11H11ClO4S. The lowest BCUT2D eigenvalue weighted by atomic mass is 10.0. The Kier molecular flexibility index (Phi) is 4.99. The van der Waals surface area contributed by atoms with Gasteiger partial charge in [0.15, 0.2) is 11.9 Å². The third-order valence-electron chi connectivity index (χ3n) is 2.19. The summed E-state index contributed by atoms with van der Waals surface area (Å²) >= 11 is 9.54. The van der Waals surface area contributed by atoms with Gasteiger partial charge in [0, 0.05) is 11.3 Å². The van der Waals surface area contributed by atoms with Gasteiger partial charge in [-0.05, 0) is 17.2 Å². The number of carbonyl (C=O) groups is 2. The topological polar surface area (TPSA) is 74.6 Å². The Balaban J connectivity index is 3.02. The molecule has 1 unspecified atom stereocenters. The quantitative estimate of drug-likeness (QED) is 0.561. The fourth-order valence-corrected chi connectivity index (χ4v) is 1.63. The Bertz CT molecular complexity index is 447. The maximum absolute atomic E-state index is 11.2. The molecule has 0 aromatic heterocycles. The Labute approximate surface area is 109 Å². The molecule has 0 radical (unpaired) electrons. The van der Waals surface area contributed by atoms with Crippen LogP contribution in [0.25, 0.3) is 0 Å². The first-order chi connectivity index (χ1) is 7.95. The number of alkyl halides is 1. The van der Waals surface area contributed by atoms with Gasteiger partial charge in [-0.3, -0.25) is 4.79 Å². The van der Waals surface area contributed by atoms with Crippen LogP contribution in [0.2, 0.25) is 0 Å². The molecule has 0 amide bonds. The maximum atomic E-state index is 11.2. The molecule has 0 aliphatic carbocycles. The number of carboxylic acid groups (broad SMARTS) is 1. The van der Waals surface area contributed by atoms with Crippen LogP contribution in [-0.2, 0) is 16.0 Å². The summed E-state index contributed by atoms with van der Waals surface area (Å²) in [5.74, 6) is -1.64. The van der Waals surface area contributed by atoms with Crippen molar-refractivity contribution >= 4 is 36.0 Å². The minimum Gasteiger partial charge on any atom is -0.479 e. The highest BCUT2D eigenvalue weighted by Gasteiger charge is 2.17. The molecule has 0 saturated carbocycles. The molecule has 0 heterocycles. The van der Waals surface area contributed by atoms with Crippen molar-refractivity contribution in [2.45, 2.75) is 17.4 Å². The van der Waals surface area contributed by atoms with Gasteiger partial charge in [-0.1, -0.05) is 12.1 Å². The molecular weight excluding hydrogens is 264 g/mol. The molecule has 6 heteroatoms. The fourth-order valence-electron chi connectivity index (χ4n) is 1.32. The summed E-state index contributed by atoms with van der Waals surface area (Å²) in [6, 6.07) is 4.45. The normalized spacial score (nSPS) is 12.2. The molecule has 4 nitrogen and oxygen atoms in total. The number of Topliss-reactive ketones (excluding diaryl/α,β-unsaturated/α-hetero) is 1. The predicted molar refractivity (Wildman–Crippen MR) is 65.7 cm³/mol. The number of thiol groups is 1. The number of aliphatic hydroxyl groups excluding tert-OH is 1. The van der Waals surface area contributed by atoms with Crippen molar-refractivity contribution in [1.82, 2.24) is 0 Å². The second kappa shape index (κ2) is 6.05. The zero-order chi connectivity index (χ0) is 13.0. The molecule has 1 aromatic rings. The number of halogens is 1. The van der Waals surface area contributed by atoms with Gasteiger partial charge in [-0.2, -0.15) is 0 Å². The van der Waals surface area contributed by atoms with E-state index in [2.05, 4.69) is 12.6 Å². The van der Waals surface area contributed by atoms with Gasteiger partial charge in [0.2, 0.25) is 0 Å². The zero-order valence-corrected chi connectivity index (χ0v) is 10.4. The summed E-state index contributed by atoms with van der Waals surface area (Å²) in [7, 11) is 0. The van der Waals surface area contributed by atoms with E-state index in [0.29, 0.717) is 10.5 Å². The standard InChI is InChI=1S/C11H11ClO4S/c12-5-8(13)4-7-3-6(1-2-9(7)17)10(14)11(15)16/h1-3,10,14,17H,4-5H2,(H,15,16). The van der Waals surface area contributed by atoms with Crippen LogP contribution < -0.4 is 0 Å². The minimum atomic E-state index is -1.60. The summed E-state index contributed by atoms with van der Waals surface area (Å²) in [4.78, 5) is 22.4. The lowest BCUT2D eigenvalue weighted by molar-refractivity contribution is -0.146. The minimum absolute atomic E-state index is 0.0719. The van der Waals surface area contributed by atoms with Gasteiger partial charge in [0.05, 0.1) is 5.88 Å². The van der Waals surface area contributed by atoms with E-state index in [4.69, 9.17) is 16.7 Å². The lowest BCUT2D eigenvalue weighted by Crippen LogP contribution is -2.12. The number of ketones is 1. The first-order valence-corrected chi connectivity index (χ1v) is 5.74. The molecule has 0 bridgehead atoms. The number of carboxylic acids is 1. The van der Waals surface area contributed by atoms with E-state index in [1.165, 1.54) is 12.1 Å². The summed E-state index contributed by atoms with van der Waals surface area (Å²) in [6.07, 6.45) is -1.53. The smallest absolute Gasteiger partial charge is 0.337 e. The molecule has 0 saturated heterocycles. The average molecular weight is 275 g/mol. The van der Waals surface area contributed by atoms with Crippen molar-refractivity contribution in [2.75, 3.05) is 5.88 Å². The highest BCUT2D eigenvalue weighted by Crippen LogP contribution is 2.21. The number of hydrogen-bond donors (Lipinski definition) is 3. The highest BCUT2D eigenvalue weighted by atomic mass is 35.5. The molecule has 1 atom stereocenters. The summed E-state index contributed by atoms with van der Waals surface area (Å²) in [5, 5.41) is 18.0. The van der Waals surface area contributed by atoms with E-state index >= 15 is 0 Å². The van der Waals surface area contributed by atoms with Gasteiger partial charge in [-0.25, -0.2) is 4.79 Å². The van der Waals surface area contributed by atoms with E-state index in [9.17, 15) is 14.7 Å². The van der Waals surface area contributed by atoms with Crippen LogP contribution in [0.3, 0.4) is 0 Å². The summed E-state index contributed by atoms with van der Waals surface area (Å²) < 4.78 is 0. The predicted octanol–water partition coefficient (Wildman–Crippen LogP) is 1.44. The molecule has 0 aliphatic heterocycles. The zero-order valence-electron chi connectivity index (χ0n) is 8.76. The fraction of sp³-hybridized carbons (Fsp3) is 0.273. The van der Waals surface area contributed by atoms with Crippen molar-refractivity contribution in [3.05, 3.63) is 29.3 Å². The van der Waals surface area contributed by atoms with Crippen LogP contribution in [0.15, 0.2) is 23.1 Å². The molecule has 2 N–H and O–H groups in total.